The second-order valence-corrected chi connectivity index (χ2v) is 7.33. The standard InChI is InChI=1S/C22H16N2O4S/c1-14-6-8-15(9-7-14)20(26)17-4-2-3-5-18(17)21(27)28-13-16-12-19(25)24-10-11-29-22(24)23-16/h2-12H,13H2,1H3. The number of rotatable bonds is 5. The van der Waals surface area contributed by atoms with Gasteiger partial charge in [-0.1, -0.05) is 48.0 Å². The highest BCUT2D eigenvalue weighted by Crippen LogP contribution is 2.17. The smallest absolute Gasteiger partial charge is 0.339 e. The molecule has 0 saturated carbocycles. The molecular formula is C22H16N2O4S. The molecule has 0 aliphatic carbocycles. The molecule has 7 heteroatoms. The first-order valence-electron chi connectivity index (χ1n) is 8.86. The fraction of sp³-hybridized carbons (Fsp3) is 0.0909. The predicted molar refractivity (Wildman–Crippen MR) is 110 cm³/mol. The summed E-state index contributed by atoms with van der Waals surface area (Å²) in [6, 6.07) is 15.0. The SMILES string of the molecule is Cc1ccc(C(=O)c2ccccc2C(=O)OCc2cc(=O)n3ccsc3n2)cc1. The Morgan fingerprint density at radius 1 is 1.07 bits per heavy atom. The van der Waals surface area contributed by atoms with E-state index in [0.717, 1.165) is 5.56 Å². The Labute approximate surface area is 170 Å². The number of esters is 1. The maximum atomic E-state index is 12.9. The van der Waals surface area contributed by atoms with Crippen molar-refractivity contribution >= 4 is 28.1 Å². The molecule has 0 amide bonds. The van der Waals surface area contributed by atoms with Gasteiger partial charge in [-0.2, -0.15) is 0 Å². The van der Waals surface area contributed by atoms with Gasteiger partial charge in [0.2, 0.25) is 0 Å². The number of fused-ring (bicyclic) bond motifs is 1. The number of ether oxygens (including phenoxy) is 1. The van der Waals surface area contributed by atoms with E-state index in [0.29, 0.717) is 16.2 Å². The van der Waals surface area contributed by atoms with Crippen LogP contribution in [0.1, 0.15) is 37.5 Å². The van der Waals surface area contributed by atoms with Crippen molar-refractivity contribution in [3.05, 3.63) is 104 Å². The van der Waals surface area contributed by atoms with Crippen LogP contribution in [-0.2, 0) is 11.3 Å². The summed E-state index contributed by atoms with van der Waals surface area (Å²) >= 11 is 1.32. The second-order valence-electron chi connectivity index (χ2n) is 6.46. The number of ketones is 1. The Kier molecular flexibility index (Phi) is 5.05. The lowest BCUT2D eigenvalue weighted by Crippen LogP contribution is -2.16. The topological polar surface area (TPSA) is 77.7 Å². The Morgan fingerprint density at radius 3 is 2.55 bits per heavy atom. The van der Waals surface area contributed by atoms with Gasteiger partial charge in [0.1, 0.15) is 6.61 Å². The molecule has 0 atom stereocenters. The summed E-state index contributed by atoms with van der Waals surface area (Å²) < 4.78 is 6.77. The zero-order chi connectivity index (χ0) is 20.4. The van der Waals surface area contributed by atoms with Crippen LogP contribution < -0.4 is 5.56 Å². The van der Waals surface area contributed by atoms with Gasteiger partial charge in [0.15, 0.2) is 10.7 Å². The first-order valence-corrected chi connectivity index (χ1v) is 9.74. The van der Waals surface area contributed by atoms with E-state index in [2.05, 4.69) is 4.98 Å². The van der Waals surface area contributed by atoms with E-state index >= 15 is 0 Å². The number of aromatic nitrogens is 2. The van der Waals surface area contributed by atoms with Gasteiger partial charge in [-0.15, -0.1) is 11.3 Å². The van der Waals surface area contributed by atoms with Crippen LogP contribution in [0.2, 0.25) is 0 Å². The molecule has 0 aliphatic rings. The minimum Gasteiger partial charge on any atom is -0.456 e. The fourth-order valence-electron chi connectivity index (χ4n) is 2.90. The molecule has 0 N–H and O–H groups in total. The minimum atomic E-state index is -0.644. The largest absolute Gasteiger partial charge is 0.456 e. The van der Waals surface area contributed by atoms with Gasteiger partial charge in [-0.05, 0) is 13.0 Å². The van der Waals surface area contributed by atoms with E-state index in [1.165, 1.54) is 21.8 Å². The highest BCUT2D eigenvalue weighted by molar-refractivity contribution is 7.15. The predicted octanol–water partition coefficient (Wildman–Crippen LogP) is 3.65. The molecule has 2 heterocycles. The number of hydrogen-bond acceptors (Lipinski definition) is 6. The first-order chi connectivity index (χ1) is 14.0. The van der Waals surface area contributed by atoms with Gasteiger partial charge in [-0.3, -0.25) is 14.0 Å². The van der Waals surface area contributed by atoms with Crippen molar-refractivity contribution in [3.63, 3.8) is 0 Å². The van der Waals surface area contributed by atoms with Gasteiger partial charge in [-0.25, -0.2) is 9.78 Å². The molecule has 4 rings (SSSR count). The molecule has 6 nitrogen and oxygen atoms in total. The first kappa shape index (κ1) is 18.8. The Hall–Kier alpha value is -3.58. The summed E-state index contributed by atoms with van der Waals surface area (Å²) in [4.78, 5) is 42.4. The molecular weight excluding hydrogens is 388 g/mol. The van der Waals surface area contributed by atoms with Crippen molar-refractivity contribution in [1.29, 1.82) is 0 Å². The molecule has 4 aromatic rings. The van der Waals surface area contributed by atoms with E-state index in [9.17, 15) is 14.4 Å². The average molecular weight is 404 g/mol. The summed E-state index contributed by atoms with van der Waals surface area (Å²) in [5.41, 5.74) is 2.09. The van der Waals surface area contributed by atoms with E-state index in [4.69, 9.17) is 4.74 Å². The van der Waals surface area contributed by atoms with Crippen molar-refractivity contribution < 1.29 is 14.3 Å². The molecule has 2 aromatic carbocycles. The van der Waals surface area contributed by atoms with E-state index in [1.54, 1.807) is 48.0 Å². The molecule has 144 valence electrons. The number of nitrogens with zero attached hydrogens (tertiary/aromatic N) is 2. The quantitative estimate of drug-likeness (QED) is 0.375. The number of carbonyl (C=O) groups excluding carboxylic acids is 2. The van der Waals surface area contributed by atoms with Crippen LogP contribution >= 0.6 is 11.3 Å². The van der Waals surface area contributed by atoms with Crippen LogP contribution in [0.25, 0.3) is 4.96 Å². The molecule has 0 aliphatic heterocycles. The summed E-state index contributed by atoms with van der Waals surface area (Å²) in [7, 11) is 0. The van der Waals surface area contributed by atoms with Crippen molar-refractivity contribution in [3.8, 4) is 0 Å². The number of aryl methyl sites for hydroxylation is 1. The van der Waals surface area contributed by atoms with Gasteiger partial charge >= 0.3 is 5.97 Å². The third-order valence-electron chi connectivity index (χ3n) is 4.41. The molecule has 2 aromatic heterocycles. The monoisotopic (exact) mass is 404 g/mol. The maximum absolute atomic E-state index is 12.9. The van der Waals surface area contributed by atoms with Gasteiger partial charge in [0.05, 0.1) is 11.3 Å². The Morgan fingerprint density at radius 2 is 1.79 bits per heavy atom. The van der Waals surface area contributed by atoms with Gasteiger partial charge < -0.3 is 4.74 Å². The number of benzene rings is 2. The van der Waals surface area contributed by atoms with E-state index in [-0.39, 0.29) is 29.1 Å². The summed E-state index contributed by atoms with van der Waals surface area (Å²) in [5.74, 6) is -0.900. The summed E-state index contributed by atoms with van der Waals surface area (Å²) in [5, 5.41) is 1.76. The lowest BCUT2D eigenvalue weighted by Gasteiger charge is -2.09. The Balaban J connectivity index is 1.56. The molecule has 0 radical (unpaired) electrons. The lowest BCUT2D eigenvalue weighted by atomic mass is 9.98. The third kappa shape index (κ3) is 3.86. The number of thiazole rings is 1. The van der Waals surface area contributed by atoms with E-state index < -0.39 is 5.97 Å². The highest BCUT2D eigenvalue weighted by atomic mass is 32.1. The fourth-order valence-corrected chi connectivity index (χ4v) is 3.64. The van der Waals surface area contributed by atoms with Crippen molar-refractivity contribution in [2.75, 3.05) is 0 Å². The second kappa shape index (κ2) is 7.81. The normalized spacial score (nSPS) is 10.8. The average Bonchev–Trinajstić information content (AvgIpc) is 3.21. The van der Waals surface area contributed by atoms with Crippen LogP contribution in [0.15, 0.2) is 71.0 Å². The van der Waals surface area contributed by atoms with Gasteiger partial charge in [0, 0.05) is 28.8 Å². The third-order valence-corrected chi connectivity index (χ3v) is 5.17. The van der Waals surface area contributed by atoms with Crippen LogP contribution in [0.3, 0.4) is 0 Å². The van der Waals surface area contributed by atoms with Crippen LogP contribution in [0, 0.1) is 6.92 Å². The van der Waals surface area contributed by atoms with Crippen molar-refractivity contribution in [1.82, 2.24) is 9.38 Å². The maximum Gasteiger partial charge on any atom is 0.339 e. The number of carbonyl (C=O) groups is 2. The van der Waals surface area contributed by atoms with Crippen molar-refractivity contribution in [2.24, 2.45) is 0 Å². The lowest BCUT2D eigenvalue weighted by molar-refractivity contribution is 0.0465. The molecule has 0 saturated heterocycles. The number of hydrogen-bond donors (Lipinski definition) is 0. The minimum absolute atomic E-state index is 0.157. The van der Waals surface area contributed by atoms with E-state index in [1.807, 2.05) is 19.1 Å². The van der Waals surface area contributed by atoms with Crippen LogP contribution in [-0.4, -0.2) is 21.1 Å². The highest BCUT2D eigenvalue weighted by Gasteiger charge is 2.19. The summed E-state index contributed by atoms with van der Waals surface area (Å²) in [6.45, 7) is 1.78. The summed E-state index contributed by atoms with van der Waals surface area (Å²) in [6.07, 6.45) is 1.64. The zero-order valence-corrected chi connectivity index (χ0v) is 16.3. The molecule has 0 fully saturated rings. The Bertz CT molecular complexity index is 1270. The molecule has 0 bridgehead atoms. The van der Waals surface area contributed by atoms with Crippen LogP contribution in [0.4, 0.5) is 0 Å². The van der Waals surface area contributed by atoms with Gasteiger partial charge in [0.25, 0.3) is 5.56 Å². The molecule has 0 spiro atoms. The van der Waals surface area contributed by atoms with Crippen molar-refractivity contribution in [2.45, 2.75) is 13.5 Å². The zero-order valence-electron chi connectivity index (χ0n) is 15.5. The molecule has 0 unspecified atom stereocenters. The van der Waals surface area contributed by atoms with Crippen LogP contribution in [0.5, 0.6) is 0 Å². The molecule has 29 heavy (non-hydrogen) atoms.